The lowest BCUT2D eigenvalue weighted by molar-refractivity contribution is -0.129. The van der Waals surface area contributed by atoms with Gasteiger partial charge in [0.2, 0.25) is 5.91 Å². The average molecular weight is 189 g/mol. The second kappa shape index (κ2) is 3.45. The molecule has 74 valence electrons. The summed E-state index contributed by atoms with van der Waals surface area (Å²) in [6.07, 6.45) is 2.16. The van der Waals surface area contributed by atoms with Crippen LogP contribution in [0.5, 0.6) is 0 Å². The maximum Gasteiger partial charge on any atom is 0.219 e. The van der Waals surface area contributed by atoms with E-state index in [1.54, 1.807) is 6.92 Å². The highest BCUT2D eigenvalue weighted by Gasteiger charge is 2.26. The van der Waals surface area contributed by atoms with E-state index in [9.17, 15) is 4.79 Å². The molecule has 14 heavy (non-hydrogen) atoms. The second-order valence-electron chi connectivity index (χ2n) is 3.88. The van der Waals surface area contributed by atoms with Crippen LogP contribution >= 0.6 is 0 Å². The largest absolute Gasteiger partial charge is 0.339 e. The molecule has 1 aromatic carbocycles. The number of aryl methyl sites for hydroxylation is 1. The van der Waals surface area contributed by atoms with Gasteiger partial charge in [0.15, 0.2) is 0 Å². The Morgan fingerprint density at radius 3 is 2.86 bits per heavy atom. The molecule has 0 aliphatic heterocycles. The van der Waals surface area contributed by atoms with Crippen molar-refractivity contribution in [2.75, 3.05) is 7.05 Å². The number of carbonyl (C=O) groups excluding carboxylic acids is 1. The van der Waals surface area contributed by atoms with E-state index in [1.807, 2.05) is 18.0 Å². The zero-order valence-electron chi connectivity index (χ0n) is 8.66. The van der Waals surface area contributed by atoms with Gasteiger partial charge in [0.05, 0.1) is 6.04 Å². The van der Waals surface area contributed by atoms with E-state index in [0.29, 0.717) is 6.04 Å². The second-order valence-corrected chi connectivity index (χ2v) is 3.88. The highest BCUT2D eigenvalue weighted by molar-refractivity contribution is 5.73. The van der Waals surface area contributed by atoms with Crippen molar-refractivity contribution in [3.05, 3.63) is 35.4 Å². The van der Waals surface area contributed by atoms with Crippen molar-refractivity contribution in [1.29, 1.82) is 0 Å². The van der Waals surface area contributed by atoms with E-state index in [2.05, 4.69) is 18.2 Å². The van der Waals surface area contributed by atoms with Gasteiger partial charge in [-0.2, -0.15) is 0 Å². The number of benzene rings is 1. The monoisotopic (exact) mass is 189 g/mol. The molecule has 0 spiro atoms. The van der Waals surface area contributed by atoms with Crippen LogP contribution < -0.4 is 0 Å². The first-order valence-electron chi connectivity index (χ1n) is 5.01. The molecule has 0 aromatic heterocycles. The summed E-state index contributed by atoms with van der Waals surface area (Å²) in [5.74, 6) is 0.145. The molecular formula is C12H15NO. The Labute approximate surface area is 84.5 Å². The predicted molar refractivity (Wildman–Crippen MR) is 55.9 cm³/mol. The van der Waals surface area contributed by atoms with Crippen molar-refractivity contribution >= 4 is 5.91 Å². The van der Waals surface area contributed by atoms with Crippen molar-refractivity contribution in [2.45, 2.75) is 25.8 Å². The fourth-order valence-corrected chi connectivity index (χ4v) is 2.16. The average Bonchev–Trinajstić information content (AvgIpc) is 2.60. The van der Waals surface area contributed by atoms with E-state index in [0.717, 1.165) is 12.8 Å². The van der Waals surface area contributed by atoms with Gasteiger partial charge in [-0.15, -0.1) is 0 Å². The Hall–Kier alpha value is -1.31. The minimum absolute atomic E-state index is 0.145. The van der Waals surface area contributed by atoms with Crippen molar-refractivity contribution < 1.29 is 4.79 Å². The van der Waals surface area contributed by atoms with Gasteiger partial charge < -0.3 is 4.90 Å². The van der Waals surface area contributed by atoms with E-state index < -0.39 is 0 Å². The van der Waals surface area contributed by atoms with Gasteiger partial charge in [-0.25, -0.2) is 0 Å². The maximum absolute atomic E-state index is 11.3. The van der Waals surface area contributed by atoms with Crippen molar-refractivity contribution in [1.82, 2.24) is 4.90 Å². The van der Waals surface area contributed by atoms with Gasteiger partial charge in [0, 0.05) is 14.0 Å². The molecule has 0 N–H and O–H groups in total. The van der Waals surface area contributed by atoms with Gasteiger partial charge in [0.25, 0.3) is 0 Å². The fourth-order valence-electron chi connectivity index (χ4n) is 2.16. The molecule has 0 heterocycles. The van der Waals surface area contributed by atoms with Gasteiger partial charge in [-0.3, -0.25) is 4.79 Å². The Balaban J connectivity index is 2.30. The molecule has 2 nitrogen and oxygen atoms in total. The zero-order chi connectivity index (χ0) is 10.1. The molecular weight excluding hydrogens is 174 g/mol. The van der Waals surface area contributed by atoms with Crippen LogP contribution in [-0.2, 0) is 11.2 Å². The van der Waals surface area contributed by atoms with Crippen molar-refractivity contribution in [3.8, 4) is 0 Å². The van der Waals surface area contributed by atoms with Crippen LogP contribution in [0.2, 0.25) is 0 Å². The van der Waals surface area contributed by atoms with Crippen LogP contribution in [0.25, 0.3) is 0 Å². The van der Waals surface area contributed by atoms with Crippen LogP contribution in [0, 0.1) is 0 Å². The van der Waals surface area contributed by atoms with Crippen LogP contribution in [0.4, 0.5) is 0 Å². The molecule has 2 rings (SSSR count). The fraction of sp³-hybridized carbons (Fsp3) is 0.417. The van der Waals surface area contributed by atoms with Crippen LogP contribution in [0.15, 0.2) is 24.3 Å². The number of nitrogens with zero attached hydrogens (tertiary/aromatic N) is 1. The predicted octanol–water partition coefficient (Wildman–Crippen LogP) is 2.15. The molecule has 1 aromatic rings. The SMILES string of the molecule is CC(=O)N(C)C1CCc2ccccc21. The van der Waals surface area contributed by atoms with Crippen molar-refractivity contribution in [2.24, 2.45) is 0 Å². The summed E-state index contributed by atoms with van der Waals surface area (Å²) in [5.41, 5.74) is 2.72. The lowest BCUT2D eigenvalue weighted by Gasteiger charge is -2.23. The normalized spacial score (nSPS) is 19.1. The summed E-state index contributed by atoms with van der Waals surface area (Å²) in [7, 11) is 1.88. The highest BCUT2D eigenvalue weighted by atomic mass is 16.2. The summed E-state index contributed by atoms with van der Waals surface area (Å²) in [4.78, 5) is 13.1. The quantitative estimate of drug-likeness (QED) is 0.663. The zero-order valence-corrected chi connectivity index (χ0v) is 8.66. The third-order valence-electron chi connectivity index (χ3n) is 3.07. The minimum Gasteiger partial charge on any atom is -0.339 e. The number of hydrogen-bond donors (Lipinski definition) is 0. The third-order valence-corrected chi connectivity index (χ3v) is 3.07. The minimum atomic E-state index is 0.145. The summed E-state index contributed by atoms with van der Waals surface area (Å²) in [6.45, 7) is 1.63. The first-order valence-corrected chi connectivity index (χ1v) is 5.01. The number of amides is 1. The van der Waals surface area contributed by atoms with E-state index in [1.165, 1.54) is 11.1 Å². The van der Waals surface area contributed by atoms with E-state index in [4.69, 9.17) is 0 Å². The molecule has 0 saturated heterocycles. The van der Waals surface area contributed by atoms with Gasteiger partial charge in [0.1, 0.15) is 0 Å². The Kier molecular flexibility index (Phi) is 2.28. The van der Waals surface area contributed by atoms with Gasteiger partial charge in [-0.05, 0) is 24.0 Å². The molecule has 1 unspecified atom stereocenters. The smallest absolute Gasteiger partial charge is 0.219 e. The Bertz CT molecular complexity index is 359. The number of fused-ring (bicyclic) bond motifs is 1. The maximum atomic E-state index is 11.3. The van der Waals surface area contributed by atoms with Gasteiger partial charge >= 0.3 is 0 Å². The molecule has 0 bridgehead atoms. The molecule has 0 saturated carbocycles. The first kappa shape index (κ1) is 9.25. The van der Waals surface area contributed by atoms with Crippen LogP contribution in [0.1, 0.15) is 30.5 Å². The van der Waals surface area contributed by atoms with Gasteiger partial charge in [-0.1, -0.05) is 24.3 Å². The Morgan fingerprint density at radius 1 is 1.43 bits per heavy atom. The number of hydrogen-bond acceptors (Lipinski definition) is 1. The summed E-state index contributed by atoms with van der Waals surface area (Å²) in [5, 5.41) is 0. The standard InChI is InChI=1S/C12H15NO/c1-9(14)13(2)12-8-7-10-5-3-4-6-11(10)12/h3-6,12H,7-8H2,1-2H3. The van der Waals surface area contributed by atoms with E-state index >= 15 is 0 Å². The number of carbonyl (C=O) groups is 1. The summed E-state index contributed by atoms with van der Waals surface area (Å²) in [6, 6.07) is 8.69. The van der Waals surface area contributed by atoms with Crippen LogP contribution in [-0.4, -0.2) is 17.9 Å². The molecule has 2 heteroatoms. The Morgan fingerprint density at radius 2 is 2.14 bits per heavy atom. The molecule has 1 aliphatic carbocycles. The lowest BCUT2D eigenvalue weighted by Crippen LogP contribution is -2.27. The molecule has 0 fully saturated rings. The first-order chi connectivity index (χ1) is 6.70. The number of rotatable bonds is 1. The summed E-state index contributed by atoms with van der Waals surface area (Å²) >= 11 is 0. The van der Waals surface area contributed by atoms with Crippen LogP contribution in [0.3, 0.4) is 0 Å². The van der Waals surface area contributed by atoms with E-state index in [-0.39, 0.29) is 5.91 Å². The third kappa shape index (κ3) is 1.41. The molecule has 1 amide bonds. The molecule has 0 radical (unpaired) electrons. The summed E-state index contributed by atoms with van der Waals surface area (Å²) < 4.78 is 0. The highest BCUT2D eigenvalue weighted by Crippen LogP contribution is 2.34. The molecule has 1 atom stereocenters. The topological polar surface area (TPSA) is 20.3 Å². The lowest BCUT2D eigenvalue weighted by atomic mass is 10.1. The van der Waals surface area contributed by atoms with Crippen molar-refractivity contribution in [3.63, 3.8) is 0 Å². The molecule has 1 aliphatic rings.